The topological polar surface area (TPSA) is 208 Å². The van der Waals surface area contributed by atoms with Gasteiger partial charge in [0.05, 0.1) is 0 Å². The molecule has 0 aromatic carbocycles. The summed E-state index contributed by atoms with van der Waals surface area (Å²) >= 11 is 0. The number of primary amides is 1. The number of unbranched alkanes of at least 4 members (excludes halogenated alkanes) is 8. The highest BCUT2D eigenvalue weighted by atomic mass is 16.4. The van der Waals surface area contributed by atoms with Crippen molar-refractivity contribution >= 4 is 23.8 Å². The molecule has 0 rings (SSSR count). The molecule has 0 spiro atoms. The third-order valence-corrected chi connectivity index (χ3v) is 5.05. The van der Waals surface area contributed by atoms with Crippen LogP contribution in [0.25, 0.3) is 0 Å². The number of aliphatic imine (C=N–C) groups is 1. The van der Waals surface area contributed by atoms with Gasteiger partial charge in [0, 0.05) is 18.9 Å². The first-order chi connectivity index (χ1) is 15.1. The summed E-state index contributed by atoms with van der Waals surface area (Å²) < 4.78 is 0. The Hall–Kier alpha value is -2.36. The fourth-order valence-corrected chi connectivity index (χ4v) is 3.07. The highest BCUT2D eigenvalue weighted by Gasteiger charge is 2.14. The zero-order valence-corrected chi connectivity index (χ0v) is 19.6. The van der Waals surface area contributed by atoms with Gasteiger partial charge in [-0.05, 0) is 25.7 Å². The normalized spacial score (nSPS) is 12.2. The number of guanidine groups is 1. The fourth-order valence-electron chi connectivity index (χ4n) is 3.07. The van der Waals surface area contributed by atoms with Crippen LogP contribution in [0.15, 0.2) is 4.99 Å². The van der Waals surface area contributed by atoms with Crippen LogP contribution in [0.3, 0.4) is 0 Å². The monoisotopic (exact) mass is 459 g/mol. The van der Waals surface area contributed by atoms with Crippen LogP contribution in [-0.2, 0) is 14.4 Å². The van der Waals surface area contributed by atoms with Crippen LogP contribution in [0.5, 0.6) is 0 Å². The maximum absolute atomic E-state index is 11.5. The molecule has 0 fully saturated rings. The Morgan fingerprint density at radius 1 is 0.781 bits per heavy atom. The van der Waals surface area contributed by atoms with E-state index in [-0.39, 0.29) is 30.6 Å². The van der Waals surface area contributed by atoms with Crippen molar-refractivity contribution in [2.24, 2.45) is 33.8 Å². The van der Waals surface area contributed by atoms with E-state index in [1.807, 2.05) is 0 Å². The van der Waals surface area contributed by atoms with Gasteiger partial charge in [-0.3, -0.25) is 19.4 Å². The Morgan fingerprint density at radius 3 is 1.72 bits per heavy atom. The van der Waals surface area contributed by atoms with Crippen molar-refractivity contribution in [2.45, 2.75) is 103 Å². The van der Waals surface area contributed by atoms with Crippen molar-refractivity contribution in [2.75, 3.05) is 6.54 Å². The largest absolute Gasteiger partial charge is 0.481 e. The zero-order valence-electron chi connectivity index (χ0n) is 19.6. The van der Waals surface area contributed by atoms with E-state index in [9.17, 15) is 14.4 Å². The summed E-state index contributed by atoms with van der Waals surface area (Å²) in [5, 5.41) is 16.3. The Balaban J connectivity index is 0. The minimum Gasteiger partial charge on any atom is -0.481 e. The van der Waals surface area contributed by atoms with E-state index < -0.39 is 18.0 Å². The van der Waals surface area contributed by atoms with Gasteiger partial charge in [0.1, 0.15) is 6.04 Å². The SMILES string of the molecule is CCCCCCCCCCC(CCCCN=C(N)N)C(N)=O.N[C@@H](CCC(=O)O)C(=O)O. The van der Waals surface area contributed by atoms with E-state index in [2.05, 4.69) is 11.9 Å². The van der Waals surface area contributed by atoms with Gasteiger partial charge in [0.15, 0.2) is 5.96 Å². The molecule has 0 saturated heterocycles. The standard InChI is InChI=1S/C17H36N4O.C5H9NO4/c1-2-3-4-5-6-7-8-9-12-15(16(18)22)13-10-11-14-21-17(19)20;6-3(5(9)10)1-2-4(7)8/h15H,2-14H2,1H3,(H2,18,22)(H4,19,20,21);3H,1-2,6H2,(H,7,8)(H,9,10)/t;3-/m.0/s1. The fraction of sp³-hybridized carbons (Fsp3) is 0.818. The van der Waals surface area contributed by atoms with Gasteiger partial charge in [0.2, 0.25) is 5.91 Å². The first-order valence-corrected chi connectivity index (χ1v) is 11.7. The number of carbonyl (C=O) groups excluding carboxylic acids is 1. The molecule has 10 nitrogen and oxygen atoms in total. The number of rotatable bonds is 19. The molecule has 0 heterocycles. The van der Waals surface area contributed by atoms with Gasteiger partial charge in [-0.2, -0.15) is 0 Å². The van der Waals surface area contributed by atoms with Crippen molar-refractivity contribution in [3.8, 4) is 0 Å². The number of carboxylic acids is 2. The third-order valence-electron chi connectivity index (χ3n) is 5.05. The first kappa shape index (κ1) is 31.8. The lowest BCUT2D eigenvalue weighted by Crippen LogP contribution is -2.30. The average molecular weight is 460 g/mol. The molecule has 0 aliphatic carbocycles. The minimum atomic E-state index is -1.17. The molecule has 32 heavy (non-hydrogen) atoms. The van der Waals surface area contributed by atoms with E-state index in [1.165, 1.54) is 44.9 Å². The van der Waals surface area contributed by atoms with Crippen LogP contribution in [0.2, 0.25) is 0 Å². The van der Waals surface area contributed by atoms with Crippen molar-refractivity contribution in [1.82, 2.24) is 0 Å². The number of carbonyl (C=O) groups is 3. The molecular formula is C22H45N5O5. The molecule has 0 aliphatic rings. The Labute approximate surface area is 192 Å². The molecule has 10 N–H and O–H groups in total. The number of hydrogen-bond donors (Lipinski definition) is 6. The Kier molecular flexibility index (Phi) is 21.7. The van der Waals surface area contributed by atoms with E-state index in [1.54, 1.807) is 0 Å². The van der Waals surface area contributed by atoms with Crippen molar-refractivity contribution < 1.29 is 24.6 Å². The summed E-state index contributed by atoms with van der Waals surface area (Å²) in [5.41, 5.74) is 21.0. The molecule has 0 saturated carbocycles. The number of nitrogens with zero attached hydrogens (tertiary/aromatic N) is 1. The van der Waals surface area contributed by atoms with Gasteiger partial charge < -0.3 is 33.1 Å². The maximum atomic E-state index is 11.5. The molecule has 188 valence electrons. The predicted molar refractivity (Wildman–Crippen MR) is 127 cm³/mol. The number of carboxylic acid groups (broad SMARTS) is 2. The van der Waals surface area contributed by atoms with E-state index in [4.69, 9.17) is 33.1 Å². The summed E-state index contributed by atoms with van der Waals surface area (Å²) in [6, 6.07) is -1.06. The van der Waals surface area contributed by atoms with Crippen molar-refractivity contribution in [3.63, 3.8) is 0 Å². The summed E-state index contributed by atoms with van der Waals surface area (Å²) in [4.78, 5) is 35.3. The molecule has 2 atom stereocenters. The van der Waals surface area contributed by atoms with Crippen molar-refractivity contribution in [3.05, 3.63) is 0 Å². The third kappa shape index (κ3) is 23.9. The van der Waals surface area contributed by atoms with Crippen molar-refractivity contribution in [1.29, 1.82) is 0 Å². The van der Waals surface area contributed by atoms with E-state index in [0.29, 0.717) is 6.54 Å². The summed E-state index contributed by atoms with van der Waals surface area (Å²) in [7, 11) is 0. The van der Waals surface area contributed by atoms with Gasteiger partial charge >= 0.3 is 11.9 Å². The second-order valence-corrected chi connectivity index (χ2v) is 8.04. The van der Waals surface area contributed by atoms with Crippen LogP contribution in [0.4, 0.5) is 0 Å². The number of amides is 1. The number of aliphatic carboxylic acids is 2. The predicted octanol–water partition coefficient (Wildman–Crippen LogP) is 2.33. The summed E-state index contributed by atoms with van der Waals surface area (Å²) in [6.45, 7) is 2.87. The Morgan fingerprint density at radius 2 is 1.28 bits per heavy atom. The minimum absolute atomic E-state index is 0.0132. The second-order valence-electron chi connectivity index (χ2n) is 8.04. The van der Waals surface area contributed by atoms with Gasteiger partial charge in [-0.25, -0.2) is 0 Å². The lowest BCUT2D eigenvalue weighted by atomic mass is 9.94. The highest BCUT2D eigenvalue weighted by molar-refractivity contribution is 5.76. The molecule has 0 aromatic heterocycles. The molecule has 0 bridgehead atoms. The van der Waals surface area contributed by atoms with Crippen LogP contribution in [0.1, 0.15) is 96.8 Å². The number of hydrogen-bond acceptors (Lipinski definition) is 5. The lowest BCUT2D eigenvalue weighted by molar-refractivity contribution is -0.139. The molecule has 1 amide bonds. The molecule has 10 heteroatoms. The van der Waals surface area contributed by atoms with Gasteiger partial charge in [-0.1, -0.05) is 64.7 Å². The molecule has 0 aliphatic heterocycles. The van der Waals surface area contributed by atoms with E-state index >= 15 is 0 Å². The van der Waals surface area contributed by atoms with Crippen LogP contribution >= 0.6 is 0 Å². The lowest BCUT2D eigenvalue weighted by Gasteiger charge is -2.12. The van der Waals surface area contributed by atoms with E-state index in [0.717, 1.165) is 32.1 Å². The second kappa shape index (κ2) is 21.9. The van der Waals surface area contributed by atoms with Crippen LogP contribution in [-0.4, -0.2) is 46.6 Å². The maximum Gasteiger partial charge on any atom is 0.320 e. The Bertz CT molecular complexity index is 539. The molecule has 1 unspecified atom stereocenters. The summed E-state index contributed by atoms with van der Waals surface area (Å²) in [5.74, 6) is -2.22. The zero-order chi connectivity index (χ0) is 24.8. The quantitative estimate of drug-likeness (QED) is 0.0956. The summed E-state index contributed by atoms with van der Waals surface area (Å²) in [6.07, 6.45) is 13.7. The molecule has 0 aromatic rings. The van der Waals surface area contributed by atoms with Crippen LogP contribution < -0.4 is 22.9 Å². The molecular weight excluding hydrogens is 414 g/mol. The average Bonchev–Trinajstić information content (AvgIpc) is 2.71. The van der Waals surface area contributed by atoms with Gasteiger partial charge in [0.25, 0.3) is 0 Å². The smallest absolute Gasteiger partial charge is 0.320 e. The first-order valence-electron chi connectivity index (χ1n) is 11.7. The van der Waals surface area contributed by atoms with Gasteiger partial charge in [-0.15, -0.1) is 0 Å². The molecule has 0 radical (unpaired) electrons. The highest BCUT2D eigenvalue weighted by Crippen LogP contribution is 2.18. The number of nitrogens with two attached hydrogens (primary N) is 4. The van der Waals surface area contributed by atoms with Crippen LogP contribution in [0, 0.1) is 5.92 Å².